The molecule has 20 nitrogen and oxygen atoms in total. The fourth-order valence-electron chi connectivity index (χ4n) is 2.88. The first-order valence-corrected chi connectivity index (χ1v) is 12.9. The summed E-state index contributed by atoms with van der Waals surface area (Å²) in [7, 11) is 0. The first-order chi connectivity index (χ1) is 20.2. The smallest absolute Gasteiger partial charge is 0.0700 e. The van der Waals surface area contributed by atoms with Crippen LogP contribution in [0, 0.1) is 5.41 Å². The molecule has 0 atom stereocenters. The summed E-state index contributed by atoms with van der Waals surface area (Å²) in [6, 6.07) is 0. The van der Waals surface area contributed by atoms with E-state index in [4.69, 9.17) is 60.0 Å². The van der Waals surface area contributed by atoms with E-state index in [1.54, 1.807) is 0 Å². The van der Waals surface area contributed by atoms with Crippen LogP contribution in [0.15, 0.2) is 20.5 Å². The molecule has 0 saturated heterocycles. The minimum absolute atomic E-state index is 0.222. The van der Waals surface area contributed by atoms with Crippen LogP contribution in [0.5, 0.6) is 0 Å². The first-order valence-electron chi connectivity index (χ1n) is 12.9. The van der Waals surface area contributed by atoms with E-state index in [0.717, 1.165) is 0 Å². The van der Waals surface area contributed by atoms with Gasteiger partial charge in [0.15, 0.2) is 0 Å². The molecule has 0 heterocycles. The van der Waals surface area contributed by atoms with E-state index in [1.807, 2.05) is 0 Å². The number of ether oxygens (including phenoxy) is 8. The van der Waals surface area contributed by atoms with E-state index in [0.29, 0.717) is 26.4 Å². The zero-order valence-corrected chi connectivity index (χ0v) is 23.3. The highest BCUT2D eigenvalue weighted by Gasteiger charge is 2.32. The highest BCUT2D eigenvalue weighted by Crippen LogP contribution is 2.21. The van der Waals surface area contributed by atoms with Crippen molar-refractivity contribution in [2.45, 2.75) is 0 Å². The molecule has 0 aromatic carbocycles. The lowest BCUT2D eigenvalue weighted by molar-refractivity contribution is -0.121. The minimum Gasteiger partial charge on any atom is -0.379 e. The second-order valence-corrected chi connectivity index (χ2v) is 7.98. The summed E-state index contributed by atoms with van der Waals surface area (Å²) in [6.45, 7) is 5.30. The van der Waals surface area contributed by atoms with Gasteiger partial charge < -0.3 is 37.9 Å². The van der Waals surface area contributed by atoms with E-state index < -0.39 is 5.41 Å². The van der Waals surface area contributed by atoms with E-state index in [1.165, 1.54) is 0 Å². The van der Waals surface area contributed by atoms with Gasteiger partial charge in [-0.3, -0.25) is 0 Å². The normalized spacial score (nSPS) is 11.9. The summed E-state index contributed by atoms with van der Waals surface area (Å²) in [5.41, 5.74) is 32.6. The molecule has 0 bridgehead atoms. The third kappa shape index (κ3) is 26.9. The fourth-order valence-corrected chi connectivity index (χ4v) is 2.88. The van der Waals surface area contributed by atoms with Crippen LogP contribution in [0.25, 0.3) is 41.8 Å². The molecule has 0 aliphatic heterocycles. The number of rotatable bonds is 32. The molecule has 0 radical (unpaired) electrons. The molecule has 0 fully saturated rings. The van der Waals surface area contributed by atoms with Crippen molar-refractivity contribution in [2.24, 2.45) is 25.9 Å². The molecule has 0 amide bonds. The summed E-state index contributed by atoms with van der Waals surface area (Å²) < 4.78 is 45.0. The second-order valence-electron chi connectivity index (χ2n) is 7.98. The minimum atomic E-state index is -0.702. The molecule has 0 spiro atoms. The highest BCUT2D eigenvalue weighted by atomic mass is 16.6. The first kappa shape index (κ1) is 37.9. The molecule has 0 aliphatic rings. The Morgan fingerprint density at radius 2 is 0.561 bits per heavy atom. The monoisotopic (exact) mass is 588 g/mol. The molecule has 232 valence electrons. The van der Waals surface area contributed by atoms with Crippen molar-refractivity contribution in [1.29, 1.82) is 0 Å². The summed E-state index contributed by atoms with van der Waals surface area (Å²) in [5.74, 6) is 0. The second kappa shape index (κ2) is 31.4. The molecular formula is C21H40N12O8. The van der Waals surface area contributed by atoms with Crippen LogP contribution in [0.3, 0.4) is 0 Å². The molecule has 0 N–H and O–H groups in total. The summed E-state index contributed by atoms with van der Waals surface area (Å²) in [4.78, 5) is 10.7. The van der Waals surface area contributed by atoms with Crippen LogP contribution in [0.1, 0.15) is 0 Å². The van der Waals surface area contributed by atoms with E-state index in [9.17, 15) is 0 Å². The lowest BCUT2D eigenvalue weighted by Crippen LogP contribution is -2.43. The predicted molar refractivity (Wildman–Crippen MR) is 145 cm³/mol. The lowest BCUT2D eigenvalue weighted by atomic mass is 9.92. The van der Waals surface area contributed by atoms with Crippen LogP contribution >= 0.6 is 0 Å². The van der Waals surface area contributed by atoms with Gasteiger partial charge in [-0.25, -0.2) is 0 Å². The third-order valence-electron chi connectivity index (χ3n) is 4.72. The number of hydrogen-bond donors (Lipinski definition) is 0. The molecule has 0 aromatic heterocycles. The molecule has 0 aromatic rings. The number of azide groups is 4. The van der Waals surface area contributed by atoms with Crippen molar-refractivity contribution in [3.8, 4) is 0 Å². The Kier molecular flexibility index (Phi) is 29.1. The quantitative estimate of drug-likeness (QED) is 0.0485. The summed E-state index contributed by atoms with van der Waals surface area (Å²) >= 11 is 0. The molecule has 41 heavy (non-hydrogen) atoms. The van der Waals surface area contributed by atoms with Gasteiger partial charge in [0.25, 0.3) is 0 Å². The van der Waals surface area contributed by atoms with Crippen LogP contribution in [0.2, 0.25) is 0 Å². The Bertz CT molecular complexity index is 683. The van der Waals surface area contributed by atoms with Gasteiger partial charge in [0, 0.05) is 45.8 Å². The number of hydrogen-bond acceptors (Lipinski definition) is 12. The Hall–Kier alpha value is -3.08. The fraction of sp³-hybridized carbons (Fsp3) is 1.00. The molecule has 0 unspecified atom stereocenters. The molecule has 0 saturated carbocycles. The van der Waals surface area contributed by atoms with Crippen molar-refractivity contribution in [1.82, 2.24) is 0 Å². The summed E-state index contributed by atoms with van der Waals surface area (Å²) in [6.07, 6.45) is 0. The topological polar surface area (TPSA) is 269 Å². The van der Waals surface area contributed by atoms with Crippen molar-refractivity contribution in [2.75, 3.05) is 132 Å². The zero-order valence-electron chi connectivity index (χ0n) is 23.3. The van der Waals surface area contributed by atoms with Gasteiger partial charge in [-0.15, -0.1) is 0 Å². The van der Waals surface area contributed by atoms with Crippen LogP contribution in [0.4, 0.5) is 0 Å². The molecule has 0 aliphatic carbocycles. The Morgan fingerprint density at radius 1 is 0.341 bits per heavy atom. The van der Waals surface area contributed by atoms with Crippen LogP contribution in [-0.2, 0) is 37.9 Å². The largest absolute Gasteiger partial charge is 0.379 e. The van der Waals surface area contributed by atoms with Crippen molar-refractivity contribution in [3.05, 3.63) is 41.8 Å². The third-order valence-corrected chi connectivity index (χ3v) is 4.72. The zero-order chi connectivity index (χ0) is 30.0. The predicted octanol–water partition coefficient (Wildman–Crippen LogP) is 3.35. The molecule has 20 heteroatoms. The average molecular weight is 589 g/mol. The Labute approximate surface area is 237 Å². The van der Waals surface area contributed by atoms with Crippen LogP contribution < -0.4 is 0 Å². The van der Waals surface area contributed by atoms with E-state index >= 15 is 0 Å². The average Bonchev–Trinajstić information content (AvgIpc) is 2.98. The standard InChI is InChI=1S/C21H40N12O8/c22-30-26-1-5-34-9-13-38-17-21(18-39-14-10-35-6-2-27-31-23,19-40-15-11-36-7-3-28-32-24)20-41-16-12-37-8-4-29-33-25/h1-20H2. The maximum absolute atomic E-state index is 8.32. The maximum Gasteiger partial charge on any atom is 0.0700 e. The van der Waals surface area contributed by atoms with Gasteiger partial charge in [-0.05, 0) is 22.1 Å². The number of nitrogens with zero attached hydrogens (tertiary/aromatic N) is 12. The van der Waals surface area contributed by atoms with Crippen LogP contribution in [-0.4, -0.2) is 132 Å². The Balaban J connectivity index is 4.94. The van der Waals surface area contributed by atoms with Crippen molar-refractivity contribution >= 4 is 0 Å². The molecular weight excluding hydrogens is 548 g/mol. The SMILES string of the molecule is [N-]=[N+]=NCCOCCOCC(COCCOCCN=[N+]=[N-])(COCCOCCN=[N+]=[N-])COCCOCCN=[N+]=[N-]. The van der Waals surface area contributed by atoms with Crippen molar-refractivity contribution < 1.29 is 37.9 Å². The van der Waals surface area contributed by atoms with E-state index in [2.05, 4.69) is 40.1 Å². The maximum atomic E-state index is 8.32. The Morgan fingerprint density at radius 3 is 0.780 bits per heavy atom. The van der Waals surface area contributed by atoms with Gasteiger partial charge in [-0.1, -0.05) is 20.5 Å². The van der Waals surface area contributed by atoms with Gasteiger partial charge >= 0.3 is 0 Å². The van der Waals surface area contributed by atoms with Gasteiger partial charge in [-0.2, -0.15) is 0 Å². The van der Waals surface area contributed by atoms with Gasteiger partial charge in [0.1, 0.15) is 0 Å². The molecule has 0 rings (SSSR count). The highest BCUT2D eigenvalue weighted by molar-refractivity contribution is 4.79. The van der Waals surface area contributed by atoms with Crippen molar-refractivity contribution in [3.63, 3.8) is 0 Å². The van der Waals surface area contributed by atoms with E-state index in [-0.39, 0.29) is 105 Å². The summed E-state index contributed by atoms with van der Waals surface area (Å²) in [5, 5.41) is 13.6. The lowest BCUT2D eigenvalue weighted by Gasteiger charge is -2.33. The van der Waals surface area contributed by atoms with Gasteiger partial charge in [0.05, 0.1) is 111 Å². The van der Waals surface area contributed by atoms with Gasteiger partial charge in [0.2, 0.25) is 0 Å².